The van der Waals surface area contributed by atoms with Gasteiger partial charge in [0.15, 0.2) is 0 Å². The molecule has 0 atom stereocenters. The zero-order chi connectivity index (χ0) is 14.8. The number of methoxy groups -OCH3 is 2. The molecule has 106 valence electrons. The lowest BCUT2D eigenvalue weighted by Crippen LogP contribution is -1.92. The van der Waals surface area contributed by atoms with Crippen molar-refractivity contribution in [2.45, 2.75) is 0 Å². The Morgan fingerprint density at radius 2 is 1.62 bits per heavy atom. The Balaban J connectivity index is 2.33. The predicted molar refractivity (Wildman–Crippen MR) is 90.2 cm³/mol. The van der Waals surface area contributed by atoms with Gasteiger partial charge in [0.2, 0.25) is 0 Å². The summed E-state index contributed by atoms with van der Waals surface area (Å²) in [5.74, 6) is 1.56. The van der Waals surface area contributed by atoms with Crippen molar-refractivity contribution >= 4 is 26.7 Å². The van der Waals surface area contributed by atoms with Gasteiger partial charge < -0.3 is 9.47 Å². The van der Waals surface area contributed by atoms with Crippen molar-refractivity contribution in [2.24, 2.45) is 0 Å². The van der Waals surface area contributed by atoms with Crippen LogP contribution in [0.15, 0.2) is 59.1 Å². The molecule has 2 nitrogen and oxygen atoms in total. The van der Waals surface area contributed by atoms with Crippen molar-refractivity contribution < 1.29 is 9.47 Å². The van der Waals surface area contributed by atoms with Crippen LogP contribution in [0.2, 0.25) is 0 Å². The molecule has 0 heterocycles. The number of hydrogen-bond donors (Lipinski definition) is 0. The van der Waals surface area contributed by atoms with Crippen LogP contribution in [0.3, 0.4) is 0 Å². The lowest BCUT2D eigenvalue weighted by atomic mass is 9.97. The van der Waals surface area contributed by atoms with Gasteiger partial charge in [0, 0.05) is 16.1 Å². The van der Waals surface area contributed by atoms with E-state index in [1.165, 1.54) is 10.8 Å². The van der Waals surface area contributed by atoms with Gasteiger partial charge in [-0.15, -0.1) is 0 Å². The lowest BCUT2D eigenvalue weighted by Gasteiger charge is -2.15. The molecule has 0 spiro atoms. The SMILES string of the molecule is COc1cc(Br)c(-c2cccc3ccccc23)c(OC)c1. The largest absolute Gasteiger partial charge is 0.497 e. The normalized spacial score (nSPS) is 10.6. The van der Waals surface area contributed by atoms with E-state index < -0.39 is 0 Å². The van der Waals surface area contributed by atoms with E-state index in [-0.39, 0.29) is 0 Å². The summed E-state index contributed by atoms with van der Waals surface area (Å²) in [5, 5.41) is 2.41. The Kier molecular flexibility index (Phi) is 3.84. The highest BCUT2D eigenvalue weighted by Gasteiger charge is 2.14. The molecule has 0 radical (unpaired) electrons. The average Bonchev–Trinajstić information content (AvgIpc) is 2.53. The smallest absolute Gasteiger partial charge is 0.131 e. The van der Waals surface area contributed by atoms with Gasteiger partial charge in [0.25, 0.3) is 0 Å². The van der Waals surface area contributed by atoms with Crippen molar-refractivity contribution in [1.29, 1.82) is 0 Å². The van der Waals surface area contributed by atoms with Gasteiger partial charge in [-0.2, -0.15) is 0 Å². The second-order valence-corrected chi connectivity index (χ2v) is 5.57. The molecule has 0 saturated heterocycles. The Bertz CT molecular complexity index is 791. The van der Waals surface area contributed by atoms with Crippen LogP contribution in [0.25, 0.3) is 21.9 Å². The van der Waals surface area contributed by atoms with Crippen molar-refractivity contribution in [3.05, 3.63) is 59.1 Å². The van der Waals surface area contributed by atoms with Gasteiger partial charge in [-0.05, 0) is 38.3 Å². The Morgan fingerprint density at radius 3 is 2.38 bits per heavy atom. The molecule has 0 aliphatic rings. The molecule has 0 N–H and O–H groups in total. The van der Waals surface area contributed by atoms with Crippen molar-refractivity contribution in [3.63, 3.8) is 0 Å². The van der Waals surface area contributed by atoms with E-state index in [4.69, 9.17) is 9.47 Å². The maximum atomic E-state index is 5.56. The molecular formula is C18H15BrO2. The number of rotatable bonds is 3. The first-order valence-corrected chi connectivity index (χ1v) is 7.43. The van der Waals surface area contributed by atoms with Crippen molar-refractivity contribution in [1.82, 2.24) is 0 Å². The minimum Gasteiger partial charge on any atom is -0.497 e. The summed E-state index contributed by atoms with van der Waals surface area (Å²) in [6.07, 6.45) is 0. The Morgan fingerprint density at radius 1 is 0.857 bits per heavy atom. The monoisotopic (exact) mass is 342 g/mol. The Labute approximate surface area is 132 Å². The molecule has 0 bridgehead atoms. The molecule has 3 heteroatoms. The molecule has 0 unspecified atom stereocenters. The van der Waals surface area contributed by atoms with E-state index in [0.717, 1.165) is 27.1 Å². The number of benzene rings is 3. The molecule has 0 amide bonds. The zero-order valence-electron chi connectivity index (χ0n) is 11.9. The summed E-state index contributed by atoms with van der Waals surface area (Å²) < 4.78 is 11.8. The van der Waals surface area contributed by atoms with E-state index in [2.05, 4.69) is 52.3 Å². The third kappa shape index (κ3) is 2.49. The summed E-state index contributed by atoms with van der Waals surface area (Å²) >= 11 is 3.64. The van der Waals surface area contributed by atoms with Gasteiger partial charge in [-0.3, -0.25) is 0 Å². The fourth-order valence-corrected chi connectivity index (χ4v) is 3.18. The number of fused-ring (bicyclic) bond motifs is 1. The van der Waals surface area contributed by atoms with Gasteiger partial charge in [0.1, 0.15) is 11.5 Å². The maximum absolute atomic E-state index is 5.56. The summed E-state index contributed by atoms with van der Waals surface area (Å²) in [4.78, 5) is 0. The fraction of sp³-hybridized carbons (Fsp3) is 0.111. The van der Waals surface area contributed by atoms with Crippen LogP contribution in [-0.4, -0.2) is 14.2 Å². The number of halogens is 1. The van der Waals surface area contributed by atoms with E-state index in [1.54, 1.807) is 14.2 Å². The third-order valence-electron chi connectivity index (χ3n) is 3.54. The third-order valence-corrected chi connectivity index (χ3v) is 4.17. The predicted octanol–water partition coefficient (Wildman–Crippen LogP) is 5.29. The van der Waals surface area contributed by atoms with Crippen molar-refractivity contribution in [3.8, 4) is 22.6 Å². The zero-order valence-corrected chi connectivity index (χ0v) is 13.5. The first-order chi connectivity index (χ1) is 10.2. The first-order valence-electron chi connectivity index (χ1n) is 6.64. The van der Waals surface area contributed by atoms with Crippen LogP contribution < -0.4 is 9.47 Å². The average molecular weight is 343 g/mol. The standard InChI is InChI=1S/C18H15BrO2/c1-20-13-10-16(19)18(17(11-13)21-2)15-9-5-7-12-6-3-4-8-14(12)15/h3-11H,1-2H3. The highest BCUT2D eigenvalue weighted by molar-refractivity contribution is 9.10. The molecule has 0 aliphatic heterocycles. The summed E-state index contributed by atoms with van der Waals surface area (Å²) in [7, 11) is 3.33. The van der Waals surface area contributed by atoms with E-state index in [0.29, 0.717) is 0 Å². The molecule has 3 aromatic carbocycles. The topological polar surface area (TPSA) is 18.5 Å². The number of ether oxygens (including phenoxy) is 2. The second-order valence-electron chi connectivity index (χ2n) is 4.71. The summed E-state index contributed by atoms with van der Waals surface area (Å²) in [6, 6.07) is 18.5. The second kappa shape index (κ2) is 5.78. The molecule has 0 saturated carbocycles. The van der Waals surface area contributed by atoms with Crippen LogP contribution in [0.4, 0.5) is 0 Å². The highest BCUT2D eigenvalue weighted by Crippen LogP contribution is 2.42. The lowest BCUT2D eigenvalue weighted by molar-refractivity contribution is 0.395. The molecule has 3 rings (SSSR count). The minimum atomic E-state index is 0.766. The summed E-state index contributed by atoms with van der Waals surface area (Å²) in [5.41, 5.74) is 2.18. The molecule has 3 aromatic rings. The van der Waals surface area contributed by atoms with E-state index in [9.17, 15) is 0 Å². The summed E-state index contributed by atoms with van der Waals surface area (Å²) in [6.45, 7) is 0. The van der Waals surface area contributed by atoms with Crippen LogP contribution in [-0.2, 0) is 0 Å². The molecular weight excluding hydrogens is 328 g/mol. The quantitative estimate of drug-likeness (QED) is 0.644. The minimum absolute atomic E-state index is 0.766. The molecule has 0 fully saturated rings. The maximum Gasteiger partial charge on any atom is 0.131 e. The van der Waals surface area contributed by atoms with Gasteiger partial charge in [0.05, 0.1) is 14.2 Å². The van der Waals surface area contributed by atoms with E-state index >= 15 is 0 Å². The Hall–Kier alpha value is -2.00. The van der Waals surface area contributed by atoms with Crippen molar-refractivity contribution in [2.75, 3.05) is 14.2 Å². The van der Waals surface area contributed by atoms with Gasteiger partial charge >= 0.3 is 0 Å². The van der Waals surface area contributed by atoms with E-state index in [1.807, 2.05) is 18.2 Å². The van der Waals surface area contributed by atoms with Gasteiger partial charge in [-0.25, -0.2) is 0 Å². The molecule has 0 aliphatic carbocycles. The fourth-order valence-electron chi connectivity index (χ4n) is 2.54. The first kappa shape index (κ1) is 14.0. The van der Waals surface area contributed by atoms with Gasteiger partial charge in [-0.1, -0.05) is 42.5 Å². The molecule has 0 aromatic heterocycles. The van der Waals surface area contributed by atoms with Crippen LogP contribution in [0.5, 0.6) is 11.5 Å². The van der Waals surface area contributed by atoms with Crippen LogP contribution in [0.1, 0.15) is 0 Å². The van der Waals surface area contributed by atoms with Crippen LogP contribution >= 0.6 is 15.9 Å². The highest BCUT2D eigenvalue weighted by atomic mass is 79.9. The number of hydrogen-bond acceptors (Lipinski definition) is 2. The van der Waals surface area contributed by atoms with Crippen LogP contribution in [0, 0.1) is 0 Å². The molecule has 21 heavy (non-hydrogen) atoms.